The van der Waals surface area contributed by atoms with E-state index in [1.165, 1.54) is 6.07 Å². The maximum absolute atomic E-state index is 11.7. The second-order valence-electron chi connectivity index (χ2n) is 4.70. The standard InChI is InChI=1S/C14H20N2O3/c1-9(15)5-3-8-13(17)16-12-7-4-6-11(10(12)2)14(18)19/h4,6-7,9H,3,5,8,15H2,1-2H3,(H,16,17)(H,18,19). The molecule has 0 saturated heterocycles. The van der Waals surface area contributed by atoms with Crippen LogP contribution in [0.3, 0.4) is 0 Å². The summed E-state index contributed by atoms with van der Waals surface area (Å²) in [6, 6.07) is 4.92. The molecule has 1 rings (SSSR count). The van der Waals surface area contributed by atoms with E-state index < -0.39 is 5.97 Å². The van der Waals surface area contributed by atoms with Gasteiger partial charge >= 0.3 is 5.97 Å². The van der Waals surface area contributed by atoms with Crippen LogP contribution in [0.4, 0.5) is 5.69 Å². The normalized spacial score (nSPS) is 11.9. The maximum atomic E-state index is 11.7. The van der Waals surface area contributed by atoms with E-state index in [1.807, 2.05) is 6.92 Å². The summed E-state index contributed by atoms with van der Waals surface area (Å²) in [6.45, 7) is 3.58. The third-order valence-electron chi connectivity index (χ3n) is 2.90. The van der Waals surface area contributed by atoms with Gasteiger partial charge in [-0.25, -0.2) is 4.79 Å². The first-order valence-corrected chi connectivity index (χ1v) is 6.30. The Balaban J connectivity index is 2.64. The number of nitrogens with one attached hydrogen (secondary N) is 1. The van der Waals surface area contributed by atoms with Gasteiger partial charge in [-0.15, -0.1) is 0 Å². The molecule has 5 nitrogen and oxygen atoms in total. The van der Waals surface area contributed by atoms with Crippen LogP contribution < -0.4 is 11.1 Å². The zero-order chi connectivity index (χ0) is 14.4. The summed E-state index contributed by atoms with van der Waals surface area (Å²) in [5.41, 5.74) is 6.93. The van der Waals surface area contributed by atoms with Crippen LogP contribution >= 0.6 is 0 Å². The van der Waals surface area contributed by atoms with E-state index in [9.17, 15) is 9.59 Å². The highest BCUT2D eigenvalue weighted by molar-refractivity contribution is 5.95. The molecule has 0 bridgehead atoms. The van der Waals surface area contributed by atoms with Gasteiger partial charge in [0.15, 0.2) is 0 Å². The van der Waals surface area contributed by atoms with Crippen LogP contribution in [0.5, 0.6) is 0 Å². The number of aromatic carboxylic acids is 1. The van der Waals surface area contributed by atoms with Crippen LogP contribution in [-0.4, -0.2) is 23.0 Å². The fraction of sp³-hybridized carbons (Fsp3) is 0.429. The summed E-state index contributed by atoms with van der Waals surface area (Å²) in [6.07, 6.45) is 1.90. The molecule has 0 aliphatic heterocycles. The molecule has 1 amide bonds. The van der Waals surface area contributed by atoms with Crippen LogP contribution in [-0.2, 0) is 4.79 Å². The number of anilines is 1. The van der Waals surface area contributed by atoms with E-state index in [4.69, 9.17) is 10.8 Å². The molecule has 0 aromatic heterocycles. The van der Waals surface area contributed by atoms with E-state index in [1.54, 1.807) is 19.1 Å². The summed E-state index contributed by atoms with van der Waals surface area (Å²) in [4.78, 5) is 22.7. The Kier molecular flexibility index (Phi) is 5.51. The Morgan fingerprint density at radius 1 is 1.42 bits per heavy atom. The number of carboxylic acid groups (broad SMARTS) is 1. The molecule has 0 fully saturated rings. The van der Waals surface area contributed by atoms with Crippen molar-refractivity contribution in [3.63, 3.8) is 0 Å². The number of amides is 1. The molecular weight excluding hydrogens is 244 g/mol. The number of carboxylic acids is 1. The summed E-state index contributed by atoms with van der Waals surface area (Å²) >= 11 is 0. The minimum absolute atomic E-state index is 0.0878. The van der Waals surface area contributed by atoms with Crippen molar-refractivity contribution < 1.29 is 14.7 Å². The van der Waals surface area contributed by atoms with Gasteiger partial charge in [0.2, 0.25) is 5.91 Å². The Morgan fingerprint density at radius 3 is 2.68 bits per heavy atom. The zero-order valence-electron chi connectivity index (χ0n) is 11.3. The van der Waals surface area contributed by atoms with Crippen molar-refractivity contribution in [3.8, 4) is 0 Å². The largest absolute Gasteiger partial charge is 0.478 e. The summed E-state index contributed by atoms with van der Waals surface area (Å²) in [5, 5.41) is 11.7. The molecule has 0 aliphatic carbocycles. The fourth-order valence-electron chi connectivity index (χ4n) is 1.80. The molecule has 1 unspecified atom stereocenters. The smallest absolute Gasteiger partial charge is 0.336 e. The van der Waals surface area contributed by atoms with Gasteiger partial charge in [0.1, 0.15) is 0 Å². The number of benzene rings is 1. The van der Waals surface area contributed by atoms with Gasteiger partial charge in [-0.1, -0.05) is 6.07 Å². The van der Waals surface area contributed by atoms with Crippen LogP contribution in [0.25, 0.3) is 0 Å². The van der Waals surface area contributed by atoms with Crippen molar-refractivity contribution in [1.82, 2.24) is 0 Å². The van der Waals surface area contributed by atoms with Crippen molar-refractivity contribution >= 4 is 17.6 Å². The summed E-state index contributed by atoms with van der Waals surface area (Å²) in [7, 11) is 0. The number of rotatable bonds is 6. The van der Waals surface area contributed by atoms with E-state index >= 15 is 0 Å². The molecule has 1 aromatic carbocycles. The molecule has 1 atom stereocenters. The first-order valence-electron chi connectivity index (χ1n) is 6.30. The highest BCUT2D eigenvalue weighted by Crippen LogP contribution is 2.19. The molecule has 0 saturated carbocycles. The monoisotopic (exact) mass is 264 g/mol. The minimum atomic E-state index is -0.995. The summed E-state index contributed by atoms with van der Waals surface area (Å²) < 4.78 is 0. The van der Waals surface area contributed by atoms with Crippen molar-refractivity contribution in [1.29, 1.82) is 0 Å². The van der Waals surface area contributed by atoms with Gasteiger partial charge in [0.05, 0.1) is 5.56 Å². The fourth-order valence-corrected chi connectivity index (χ4v) is 1.80. The Hall–Kier alpha value is -1.88. The van der Waals surface area contributed by atoms with Crippen LogP contribution in [0.1, 0.15) is 42.1 Å². The molecule has 0 heterocycles. The van der Waals surface area contributed by atoms with E-state index in [0.717, 1.165) is 12.8 Å². The second-order valence-corrected chi connectivity index (χ2v) is 4.70. The average molecular weight is 264 g/mol. The van der Waals surface area contributed by atoms with E-state index in [2.05, 4.69) is 5.32 Å². The number of hydrogen-bond acceptors (Lipinski definition) is 3. The topological polar surface area (TPSA) is 92.4 Å². The van der Waals surface area contributed by atoms with Gasteiger partial charge in [-0.2, -0.15) is 0 Å². The second kappa shape index (κ2) is 6.89. The molecule has 0 spiro atoms. The minimum Gasteiger partial charge on any atom is -0.478 e. The van der Waals surface area contributed by atoms with Gasteiger partial charge < -0.3 is 16.2 Å². The molecule has 0 aliphatic rings. The van der Waals surface area contributed by atoms with Crippen molar-refractivity contribution in [2.24, 2.45) is 5.73 Å². The molecule has 0 radical (unpaired) electrons. The SMILES string of the molecule is Cc1c(NC(=O)CCCC(C)N)cccc1C(=O)O. The lowest BCUT2D eigenvalue weighted by Crippen LogP contribution is -2.17. The Labute approximate surface area is 112 Å². The highest BCUT2D eigenvalue weighted by Gasteiger charge is 2.11. The van der Waals surface area contributed by atoms with Gasteiger partial charge in [0.25, 0.3) is 0 Å². The third-order valence-corrected chi connectivity index (χ3v) is 2.90. The lowest BCUT2D eigenvalue weighted by Gasteiger charge is -2.10. The van der Waals surface area contributed by atoms with Gasteiger partial charge in [-0.05, 0) is 44.4 Å². The lowest BCUT2D eigenvalue weighted by molar-refractivity contribution is -0.116. The van der Waals surface area contributed by atoms with Crippen LogP contribution in [0.2, 0.25) is 0 Å². The number of carbonyl (C=O) groups is 2. The van der Waals surface area contributed by atoms with Crippen LogP contribution in [0.15, 0.2) is 18.2 Å². The van der Waals surface area contributed by atoms with Crippen LogP contribution in [0, 0.1) is 6.92 Å². The predicted octanol–water partition coefficient (Wildman–Crippen LogP) is 2.15. The zero-order valence-corrected chi connectivity index (χ0v) is 11.3. The summed E-state index contributed by atoms with van der Waals surface area (Å²) in [5.74, 6) is -1.11. The molecular formula is C14H20N2O3. The maximum Gasteiger partial charge on any atom is 0.336 e. The number of nitrogens with two attached hydrogens (primary N) is 1. The van der Waals surface area contributed by atoms with Gasteiger partial charge in [0, 0.05) is 18.2 Å². The van der Waals surface area contributed by atoms with Crippen molar-refractivity contribution in [2.45, 2.75) is 39.2 Å². The first kappa shape index (κ1) is 15.2. The predicted molar refractivity (Wildman–Crippen MR) is 74.3 cm³/mol. The molecule has 5 heteroatoms. The van der Waals surface area contributed by atoms with E-state index in [0.29, 0.717) is 17.7 Å². The quantitative estimate of drug-likeness (QED) is 0.734. The molecule has 19 heavy (non-hydrogen) atoms. The lowest BCUT2D eigenvalue weighted by atomic mass is 10.1. The van der Waals surface area contributed by atoms with Gasteiger partial charge in [-0.3, -0.25) is 4.79 Å². The third kappa shape index (κ3) is 4.71. The molecule has 1 aromatic rings. The average Bonchev–Trinajstić information content (AvgIpc) is 2.31. The first-order chi connectivity index (χ1) is 8.91. The number of hydrogen-bond donors (Lipinski definition) is 3. The van der Waals surface area contributed by atoms with E-state index in [-0.39, 0.29) is 17.5 Å². The Morgan fingerprint density at radius 2 is 2.11 bits per heavy atom. The van der Waals surface area contributed by atoms with Crippen molar-refractivity contribution in [2.75, 3.05) is 5.32 Å². The van der Waals surface area contributed by atoms with Crippen molar-refractivity contribution in [3.05, 3.63) is 29.3 Å². The Bertz CT molecular complexity index is 470. The molecule has 4 N–H and O–H groups in total. The highest BCUT2D eigenvalue weighted by atomic mass is 16.4. The number of carbonyl (C=O) groups excluding carboxylic acids is 1. The molecule has 104 valence electrons.